The van der Waals surface area contributed by atoms with Crippen molar-refractivity contribution >= 4 is 32.8 Å². The third kappa shape index (κ3) is 5.68. The fourth-order valence-corrected chi connectivity index (χ4v) is 4.73. The Hall–Kier alpha value is -1.97. The summed E-state index contributed by atoms with van der Waals surface area (Å²) in [7, 11) is -10.5. The number of nitrogens with two attached hydrogens (primary N) is 1. The van der Waals surface area contributed by atoms with E-state index in [1.807, 2.05) is 0 Å². The van der Waals surface area contributed by atoms with Gasteiger partial charge in [0.15, 0.2) is 17.4 Å². The van der Waals surface area contributed by atoms with Crippen LogP contribution in [0.5, 0.6) is 0 Å². The van der Waals surface area contributed by atoms with Crippen LogP contribution < -0.4 is 11.3 Å². The Morgan fingerprint density at radius 3 is 2.72 bits per heavy atom. The Morgan fingerprint density at radius 2 is 2.06 bits per heavy atom. The SMILES string of the molecule is C=CCOC[C@@H]1C(COP(=O)(O)OP(=O)(O)O)O[C@@H](n2cnc3c(=O)[nH]c(N)nc32)[C@@H]1O. The van der Waals surface area contributed by atoms with Crippen LogP contribution in [0.2, 0.25) is 0 Å². The van der Waals surface area contributed by atoms with Crippen LogP contribution in [-0.2, 0) is 27.4 Å². The minimum atomic E-state index is -5.32. The molecule has 0 saturated carbocycles. The van der Waals surface area contributed by atoms with Gasteiger partial charge in [-0.15, -0.1) is 6.58 Å². The van der Waals surface area contributed by atoms with Gasteiger partial charge in [-0.05, 0) is 0 Å². The lowest BCUT2D eigenvalue weighted by Gasteiger charge is -2.21. The maximum atomic E-state index is 12.0. The van der Waals surface area contributed by atoms with E-state index in [-0.39, 0.29) is 30.3 Å². The van der Waals surface area contributed by atoms with E-state index in [0.717, 1.165) is 0 Å². The summed E-state index contributed by atoms with van der Waals surface area (Å²) in [5.41, 5.74) is 4.91. The minimum Gasteiger partial charge on any atom is -0.388 e. The quantitative estimate of drug-likeness (QED) is 0.131. The van der Waals surface area contributed by atoms with Gasteiger partial charge in [0, 0.05) is 5.92 Å². The Kier molecular flexibility index (Phi) is 7.31. The lowest BCUT2D eigenvalue weighted by atomic mass is 9.99. The minimum absolute atomic E-state index is 0.0142. The summed E-state index contributed by atoms with van der Waals surface area (Å²) in [6.07, 6.45) is -0.922. The molecule has 3 rings (SSSR count). The Morgan fingerprint density at radius 1 is 1.34 bits per heavy atom. The molecule has 7 N–H and O–H groups in total. The van der Waals surface area contributed by atoms with Gasteiger partial charge in [-0.1, -0.05) is 6.08 Å². The molecular weight excluding hydrogens is 476 g/mol. The summed E-state index contributed by atoms with van der Waals surface area (Å²) < 4.78 is 43.3. The van der Waals surface area contributed by atoms with E-state index in [0.29, 0.717) is 0 Å². The highest BCUT2D eigenvalue weighted by Gasteiger charge is 2.46. The van der Waals surface area contributed by atoms with Crippen LogP contribution in [0.1, 0.15) is 6.23 Å². The van der Waals surface area contributed by atoms with E-state index in [2.05, 4.69) is 30.4 Å². The summed E-state index contributed by atoms with van der Waals surface area (Å²) in [5.74, 6) is -1.04. The van der Waals surface area contributed by atoms with Gasteiger partial charge >= 0.3 is 15.6 Å². The molecule has 0 spiro atoms. The Balaban J connectivity index is 1.85. The number of hydrogen-bond acceptors (Lipinski definition) is 11. The molecule has 5 atom stereocenters. The highest BCUT2D eigenvalue weighted by Crippen LogP contribution is 2.57. The van der Waals surface area contributed by atoms with Gasteiger partial charge in [-0.3, -0.25) is 18.9 Å². The molecule has 0 aromatic carbocycles. The molecule has 1 aliphatic heterocycles. The molecule has 0 amide bonds. The van der Waals surface area contributed by atoms with Gasteiger partial charge < -0.3 is 35.0 Å². The predicted octanol–water partition coefficient (Wildman–Crippen LogP) is -0.995. The number of phosphoric acid groups is 2. The summed E-state index contributed by atoms with van der Waals surface area (Å²) in [6, 6.07) is 0. The first kappa shape index (κ1) is 24.7. The van der Waals surface area contributed by atoms with Crippen LogP contribution in [0.4, 0.5) is 5.95 Å². The van der Waals surface area contributed by atoms with Crippen molar-refractivity contribution in [3.8, 4) is 0 Å². The number of phosphoric ester groups is 1. The Labute approximate surface area is 179 Å². The third-order valence-electron chi connectivity index (χ3n) is 4.40. The topological polar surface area (TPSA) is 242 Å². The number of aliphatic hydroxyl groups is 1. The number of fused-ring (bicyclic) bond motifs is 1. The first-order chi connectivity index (χ1) is 14.9. The first-order valence-electron chi connectivity index (χ1n) is 8.90. The summed E-state index contributed by atoms with van der Waals surface area (Å²) in [6.45, 7) is 2.83. The zero-order valence-electron chi connectivity index (χ0n) is 16.3. The molecule has 2 aromatic heterocycles. The molecule has 1 saturated heterocycles. The van der Waals surface area contributed by atoms with Crippen molar-refractivity contribution in [2.45, 2.75) is 18.4 Å². The second-order valence-electron chi connectivity index (χ2n) is 6.66. The highest BCUT2D eigenvalue weighted by atomic mass is 31.3. The number of anilines is 1. The van der Waals surface area contributed by atoms with Crippen LogP contribution in [0, 0.1) is 5.92 Å². The van der Waals surface area contributed by atoms with Crippen molar-refractivity contribution < 1.29 is 47.2 Å². The van der Waals surface area contributed by atoms with E-state index in [4.69, 9.17) is 25.0 Å². The number of aromatic nitrogens is 4. The number of nitrogens with one attached hydrogen (secondary N) is 1. The van der Waals surface area contributed by atoms with Crippen molar-refractivity contribution in [3.05, 3.63) is 29.3 Å². The molecule has 1 aliphatic rings. The maximum Gasteiger partial charge on any atom is 0.481 e. The second kappa shape index (κ2) is 9.49. The number of aromatic amines is 1. The molecule has 18 heteroatoms. The van der Waals surface area contributed by atoms with Crippen molar-refractivity contribution in [1.82, 2.24) is 19.5 Å². The number of aliphatic hydroxyl groups excluding tert-OH is 1. The number of rotatable bonds is 10. The van der Waals surface area contributed by atoms with Gasteiger partial charge in [-0.25, -0.2) is 14.1 Å². The summed E-state index contributed by atoms with van der Waals surface area (Å²) in [5, 5.41) is 10.8. The number of imidazole rings is 1. The van der Waals surface area contributed by atoms with Gasteiger partial charge in [0.1, 0.15) is 6.10 Å². The lowest BCUT2D eigenvalue weighted by Crippen LogP contribution is -2.32. The zero-order chi connectivity index (χ0) is 23.7. The monoisotopic (exact) mass is 497 g/mol. The third-order valence-corrected chi connectivity index (χ3v) is 6.56. The van der Waals surface area contributed by atoms with Crippen molar-refractivity contribution in [2.24, 2.45) is 5.92 Å². The van der Waals surface area contributed by atoms with Crippen LogP contribution in [0.25, 0.3) is 11.2 Å². The van der Waals surface area contributed by atoms with E-state index in [1.54, 1.807) is 0 Å². The average molecular weight is 497 g/mol. The molecule has 2 aromatic rings. The Bertz CT molecular complexity index is 1130. The molecule has 0 bridgehead atoms. The van der Waals surface area contributed by atoms with Gasteiger partial charge in [-0.2, -0.15) is 9.29 Å². The standard InChI is InChI=1S/C14H21N5O11P2/c1-2-3-27-4-7-8(5-28-32(25,26)30-31(22,23)24)29-13(10(7)20)19-6-16-9-11(19)17-14(15)18-12(9)21/h2,6-8,10,13,20H,1,3-5H2,(H,25,26)(H2,22,23,24)(H3,15,17,18,21)/t7-,8?,10-,13-/m1/s1. The lowest BCUT2D eigenvalue weighted by molar-refractivity contribution is -0.0493. The molecule has 0 radical (unpaired) electrons. The number of nitrogen functional groups attached to an aromatic ring is 1. The normalized spacial score (nSPS) is 25.8. The molecule has 2 unspecified atom stereocenters. The van der Waals surface area contributed by atoms with Crippen LogP contribution in [-0.4, -0.2) is 71.3 Å². The second-order valence-corrected chi connectivity index (χ2v) is 9.49. The number of nitrogens with zero attached hydrogens (tertiary/aromatic N) is 3. The van der Waals surface area contributed by atoms with Crippen LogP contribution in [0.3, 0.4) is 0 Å². The smallest absolute Gasteiger partial charge is 0.388 e. The van der Waals surface area contributed by atoms with Gasteiger partial charge in [0.25, 0.3) is 5.56 Å². The van der Waals surface area contributed by atoms with Gasteiger partial charge in [0.05, 0.1) is 32.3 Å². The fraction of sp³-hybridized carbons (Fsp3) is 0.500. The number of H-pyrrole nitrogens is 1. The number of hydrogen-bond donors (Lipinski definition) is 6. The van der Waals surface area contributed by atoms with Crippen molar-refractivity contribution in [2.75, 3.05) is 25.6 Å². The van der Waals surface area contributed by atoms with E-state index in [9.17, 15) is 23.9 Å². The van der Waals surface area contributed by atoms with Crippen molar-refractivity contribution in [3.63, 3.8) is 0 Å². The largest absolute Gasteiger partial charge is 0.481 e. The molecular formula is C14H21N5O11P2. The molecule has 3 heterocycles. The van der Waals surface area contributed by atoms with E-state index in [1.165, 1.54) is 17.0 Å². The molecule has 0 aliphatic carbocycles. The number of ether oxygens (including phenoxy) is 2. The highest BCUT2D eigenvalue weighted by molar-refractivity contribution is 7.60. The van der Waals surface area contributed by atoms with Gasteiger partial charge in [0.2, 0.25) is 5.95 Å². The molecule has 32 heavy (non-hydrogen) atoms. The van der Waals surface area contributed by atoms with Crippen LogP contribution in [0.15, 0.2) is 23.8 Å². The van der Waals surface area contributed by atoms with E-state index >= 15 is 0 Å². The fourth-order valence-electron chi connectivity index (χ4n) is 3.13. The molecule has 1 fully saturated rings. The van der Waals surface area contributed by atoms with Crippen LogP contribution >= 0.6 is 15.6 Å². The molecule has 16 nitrogen and oxygen atoms in total. The zero-order valence-corrected chi connectivity index (χ0v) is 18.0. The average Bonchev–Trinajstić information content (AvgIpc) is 3.20. The maximum absolute atomic E-state index is 12.0. The predicted molar refractivity (Wildman–Crippen MR) is 106 cm³/mol. The summed E-state index contributed by atoms with van der Waals surface area (Å²) in [4.78, 5) is 49.1. The summed E-state index contributed by atoms with van der Waals surface area (Å²) >= 11 is 0. The van der Waals surface area contributed by atoms with Crippen molar-refractivity contribution in [1.29, 1.82) is 0 Å². The van der Waals surface area contributed by atoms with E-state index < -0.39 is 52.2 Å². The first-order valence-corrected chi connectivity index (χ1v) is 11.9. The molecule has 178 valence electrons.